The lowest BCUT2D eigenvalue weighted by molar-refractivity contribution is 4.73. The summed E-state index contributed by atoms with van der Waals surface area (Å²) in [4.78, 5) is 0. The molecule has 0 nitrogen and oxygen atoms in total. The Bertz CT molecular complexity index is 23.6. The lowest BCUT2D eigenvalue weighted by Crippen LogP contribution is -1.60. The third-order valence-electron chi connectivity index (χ3n) is 0. The monoisotopic (exact) mass is 205 g/mol. The minimum absolute atomic E-state index is 0.314. The maximum atomic E-state index is 6.66. The molecular formula is H4BIP2. The van der Waals surface area contributed by atoms with Crippen molar-refractivity contribution in [1.29, 1.82) is 1.28 Å². The van der Waals surface area contributed by atoms with Gasteiger partial charge in [0.25, 0.3) is 4.01 Å². The molecule has 0 bridgehead atoms. The molecule has 2 unspecified atom stereocenters. The van der Waals surface area contributed by atoms with Gasteiger partial charge in [-0.05, 0) is 0 Å². The molecule has 0 aliphatic carbocycles. The van der Waals surface area contributed by atoms with Crippen LogP contribution in [0.1, 0.15) is 0 Å². The molecule has 4 heteroatoms. The Morgan fingerprint density at radius 1 is 2.25 bits per heavy atom. The van der Waals surface area contributed by atoms with Crippen molar-refractivity contribution in [3.05, 3.63) is 0 Å². The van der Waals surface area contributed by atoms with E-state index in [1.165, 1.54) is 0 Å². The third kappa shape index (κ3) is 9.41. The molecule has 0 aromatic rings. The Kier molecular flexibility index (Phi) is 2.75. The molecule has 0 rings (SSSR count). The quantitative estimate of drug-likeness (QED) is 0.342. The highest BCUT2D eigenvalue weighted by Crippen LogP contribution is 2.09. The van der Waals surface area contributed by atoms with E-state index in [2.05, 4.69) is 31.5 Å². The zero-order valence-electron chi connectivity index (χ0n) is 3.03. The molecular weight excluding hydrogens is 200 g/mol. The van der Waals surface area contributed by atoms with Gasteiger partial charge in [-0.15, -0.1) is 22.4 Å². The largest absolute Gasteiger partial charge is 0.260 e. The van der Waals surface area contributed by atoms with E-state index in [0.29, 0.717) is 13.1 Å². The zero-order chi connectivity index (χ0) is 4.28. The van der Waals surface area contributed by atoms with Crippen LogP contribution in [-0.2, 0) is 0 Å². The molecule has 0 aromatic carbocycles. The minimum atomic E-state index is 0.314. The molecule has 0 saturated heterocycles. The molecule has 0 aliphatic heterocycles. The van der Waals surface area contributed by atoms with Crippen LogP contribution in [0.5, 0.6) is 0 Å². The molecule has 0 aliphatic rings. The molecule has 0 fully saturated rings. The first kappa shape index (κ1) is 3.83. The summed E-state index contributed by atoms with van der Waals surface area (Å²) >= 11 is 2.19. The van der Waals surface area contributed by atoms with Crippen LogP contribution >= 0.6 is 40.6 Å². The summed E-state index contributed by atoms with van der Waals surface area (Å²) < 4.78 is 7.12. The highest BCUT2D eigenvalue weighted by molar-refractivity contribution is 14.1. The van der Waals surface area contributed by atoms with E-state index in [0.717, 1.165) is 0 Å². The summed E-state index contributed by atoms with van der Waals surface area (Å²) in [7, 11) is 2.86. The Morgan fingerprint density at radius 3 is 2.50 bits per heavy atom. The summed E-state index contributed by atoms with van der Waals surface area (Å²) in [5.41, 5.74) is 0. The maximum Gasteiger partial charge on any atom is 0.260 e. The topological polar surface area (TPSA) is 0 Å². The summed E-state index contributed by atoms with van der Waals surface area (Å²) in [6.45, 7) is 0. The molecule has 4 heavy (non-hydrogen) atoms. The fourth-order valence-electron chi connectivity index (χ4n) is 0. The first-order valence-corrected chi connectivity index (χ1v) is 3.33. The van der Waals surface area contributed by atoms with Gasteiger partial charge in [0.05, 0.1) is 0 Å². The van der Waals surface area contributed by atoms with E-state index in [9.17, 15) is 0 Å². The summed E-state index contributed by atoms with van der Waals surface area (Å²) in [5, 5.41) is 0. The van der Waals surface area contributed by atoms with E-state index < -0.39 is 0 Å². The first-order valence-electron chi connectivity index (χ1n) is 1.34. The van der Waals surface area contributed by atoms with Crippen molar-refractivity contribution in [2.24, 2.45) is 0 Å². The second-order valence-corrected chi connectivity index (χ2v) is 6.23. The third-order valence-corrected chi connectivity index (χ3v) is 0. The van der Waals surface area contributed by atoms with Crippen LogP contribution in [0.25, 0.3) is 0 Å². The Balaban J connectivity index is 2.54. The van der Waals surface area contributed by atoms with E-state index in [-0.39, 0.29) is 0 Å². The van der Waals surface area contributed by atoms with Crippen LogP contribution in [0.4, 0.5) is 0 Å². The minimum Gasteiger partial charge on any atom is -0.154 e. The van der Waals surface area contributed by atoms with Crippen LogP contribution in [0.3, 0.4) is 0 Å². The van der Waals surface area contributed by atoms with Crippen molar-refractivity contribution < 1.29 is 0 Å². The molecule has 2 atom stereocenters. The van der Waals surface area contributed by atoms with Crippen LogP contribution in [0.15, 0.2) is 0 Å². The van der Waals surface area contributed by atoms with Crippen molar-refractivity contribution >= 4 is 44.6 Å². The average Bonchev–Trinajstić information content (AvgIpc) is 1.38. The SMILES string of the molecule is [2H]PB(P)I. The van der Waals surface area contributed by atoms with Gasteiger partial charge in [-0.1, -0.05) is 0 Å². The van der Waals surface area contributed by atoms with Crippen molar-refractivity contribution in [2.75, 3.05) is 0 Å². The Hall–Kier alpha value is 1.65. The molecule has 0 amide bonds. The van der Waals surface area contributed by atoms with Gasteiger partial charge in [-0.25, -0.2) is 0 Å². The van der Waals surface area contributed by atoms with Gasteiger partial charge in [0.15, 0.2) is 0 Å². The lowest BCUT2D eigenvalue weighted by atomic mass is 10.7. The van der Waals surface area contributed by atoms with Crippen molar-refractivity contribution in [3.63, 3.8) is 0 Å². The Morgan fingerprint density at radius 2 is 2.50 bits per heavy atom. The second kappa shape index (κ2) is 2.87. The predicted octanol–water partition coefficient (Wildman–Crippen LogP) is 1.16. The van der Waals surface area contributed by atoms with Gasteiger partial charge in [0.2, 0.25) is 0 Å². The van der Waals surface area contributed by atoms with Crippen LogP contribution in [0, 0.1) is 0 Å². The van der Waals surface area contributed by atoms with E-state index >= 15 is 0 Å². The molecule has 0 saturated carbocycles. The zero-order valence-corrected chi connectivity index (χ0v) is 6.34. The second-order valence-electron chi connectivity index (χ2n) is 0.402. The van der Waals surface area contributed by atoms with Gasteiger partial charge in [-0.3, -0.25) is 0 Å². The van der Waals surface area contributed by atoms with Gasteiger partial charge < -0.3 is 0 Å². The van der Waals surface area contributed by atoms with E-state index in [1.807, 2.05) is 0 Å². The normalized spacial score (nSPS) is 13.0. The lowest BCUT2D eigenvalue weighted by Gasteiger charge is -1.69. The highest BCUT2D eigenvalue weighted by atomic mass is 127. The van der Waals surface area contributed by atoms with Crippen molar-refractivity contribution in [3.8, 4) is 0 Å². The van der Waals surface area contributed by atoms with Gasteiger partial charge >= 0.3 is 0 Å². The first-order chi connectivity index (χ1) is 2.27. The average molecular weight is 205 g/mol. The smallest absolute Gasteiger partial charge is 0.154 e. The van der Waals surface area contributed by atoms with E-state index in [1.54, 1.807) is 0 Å². The molecule has 0 N–H and O–H groups in total. The molecule has 0 aromatic heterocycles. The molecule has 0 spiro atoms. The summed E-state index contributed by atoms with van der Waals surface area (Å²) in [6.07, 6.45) is 0. The number of hydrogen-bond acceptors (Lipinski definition) is 0. The predicted molar refractivity (Wildman–Crippen MR) is 39.2 cm³/mol. The molecule has 0 radical (unpaired) electrons. The van der Waals surface area contributed by atoms with Gasteiger partial charge in [0.1, 0.15) is 0 Å². The summed E-state index contributed by atoms with van der Waals surface area (Å²) in [6, 6.07) is 0. The van der Waals surface area contributed by atoms with Crippen LogP contribution in [-0.4, -0.2) is 5.29 Å². The van der Waals surface area contributed by atoms with Crippen LogP contribution < -0.4 is 0 Å². The Labute approximate surface area is 46.0 Å². The molecule has 24 valence electrons. The maximum absolute atomic E-state index is 6.66. The molecule has 0 heterocycles. The van der Waals surface area contributed by atoms with Crippen molar-refractivity contribution in [2.45, 2.75) is 0 Å². The fraction of sp³-hybridized carbons (Fsp3) is 0. The highest BCUT2D eigenvalue weighted by Gasteiger charge is 1.80. The van der Waals surface area contributed by atoms with Crippen molar-refractivity contribution in [1.82, 2.24) is 0 Å². The van der Waals surface area contributed by atoms with Gasteiger partial charge in [0, 0.05) is 1.28 Å². The number of rotatable bonds is 1. The summed E-state index contributed by atoms with van der Waals surface area (Å²) in [5.74, 6) is 0. The number of hydrogen-bond donors (Lipinski definition) is 0. The van der Waals surface area contributed by atoms with Crippen LogP contribution in [0.2, 0.25) is 0 Å². The number of halogens is 1. The van der Waals surface area contributed by atoms with E-state index in [4.69, 9.17) is 1.28 Å². The fourth-order valence-corrected chi connectivity index (χ4v) is 0. The van der Waals surface area contributed by atoms with Gasteiger partial charge in [-0.2, -0.15) is 18.2 Å². The standard InChI is InChI=1S/BH4IP2/c2-1(3)4/h3-4H2/i3D.